The molecular formula is C8H9ClN2O. The molecule has 3 nitrogen and oxygen atoms in total. The zero-order chi connectivity index (χ0) is 8.72. The molecule has 1 aliphatic carbocycles. The number of nitrogens with one attached hydrogen (secondary N) is 2. The Morgan fingerprint density at radius 1 is 1.75 bits per heavy atom. The number of fused-ring (bicyclic) bond motifs is 1. The van der Waals surface area contributed by atoms with E-state index >= 15 is 0 Å². The lowest BCUT2D eigenvalue weighted by atomic mass is 9.80. The molecule has 64 valence electrons. The molecule has 4 heteroatoms. The molecule has 12 heavy (non-hydrogen) atoms. The van der Waals surface area contributed by atoms with Crippen molar-refractivity contribution in [3.8, 4) is 0 Å². The highest BCUT2D eigenvalue weighted by Crippen LogP contribution is 2.38. The first kappa shape index (κ1) is 7.68. The lowest BCUT2D eigenvalue weighted by Crippen LogP contribution is -2.53. The van der Waals surface area contributed by atoms with E-state index in [9.17, 15) is 4.79 Å². The van der Waals surface area contributed by atoms with Gasteiger partial charge in [0, 0.05) is 6.20 Å². The molecule has 1 amide bonds. The van der Waals surface area contributed by atoms with Crippen LogP contribution in [0.2, 0.25) is 0 Å². The molecule has 0 spiro atoms. The average Bonchev–Trinajstić information content (AvgIpc) is 2.39. The largest absolute Gasteiger partial charge is 0.380 e. The molecule has 2 atom stereocenters. The first-order valence-electron chi connectivity index (χ1n) is 3.78. The van der Waals surface area contributed by atoms with Crippen LogP contribution < -0.4 is 10.6 Å². The van der Waals surface area contributed by atoms with Crippen LogP contribution >= 0.6 is 11.6 Å². The van der Waals surface area contributed by atoms with Crippen molar-refractivity contribution in [1.29, 1.82) is 0 Å². The molecule has 0 saturated heterocycles. The molecule has 2 rings (SSSR count). The van der Waals surface area contributed by atoms with Crippen LogP contribution in [0.5, 0.6) is 0 Å². The lowest BCUT2D eigenvalue weighted by molar-refractivity contribution is -0.110. The fraction of sp³-hybridized carbons (Fsp3) is 0.375. The molecule has 0 aromatic carbocycles. The van der Waals surface area contributed by atoms with Crippen LogP contribution in [0.3, 0.4) is 0 Å². The number of carbonyl (C=O) groups is 1. The maximum atomic E-state index is 10.2. The van der Waals surface area contributed by atoms with Gasteiger partial charge in [0.25, 0.3) is 0 Å². The summed E-state index contributed by atoms with van der Waals surface area (Å²) in [5, 5.41) is 6.59. The van der Waals surface area contributed by atoms with E-state index in [0.717, 1.165) is 22.6 Å². The maximum Gasteiger partial charge on any atom is 0.207 e. The van der Waals surface area contributed by atoms with E-state index in [1.807, 2.05) is 6.92 Å². The van der Waals surface area contributed by atoms with Gasteiger partial charge in [-0.25, -0.2) is 0 Å². The van der Waals surface area contributed by atoms with Crippen molar-refractivity contribution in [2.45, 2.75) is 19.0 Å². The summed E-state index contributed by atoms with van der Waals surface area (Å²) in [6, 6.07) is 0.313. The molecule has 1 aliphatic heterocycles. The third-order valence-corrected chi connectivity index (χ3v) is 2.74. The molecule has 0 saturated carbocycles. The summed E-state index contributed by atoms with van der Waals surface area (Å²) in [6.45, 7) is 1.98. The van der Waals surface area contributed by atoms with Gasteiger partial charge in [0.15, 0.2) is 0 Å². The summed E-state index contributed by atoms with van der Waals surface area (Å²) in [4.78, 5) is 10.2. The summed E-state index contributed by atoms with van der Waals surface area (Å²) in [6.07, 6.45) is 2.50. The first-order chi connectivity index (χ1) is 5.75. The van der Waals surface area contributed by atoms with Crippen molar-refractivity contribution >= 4 is 18.0 Å². The fourth-order valence-corrected chi connectivity index (χ4v) is 2.11. The topological polar surface area (TPSA) is 41.1 Å². The van der Waals surface area contributed by atoms with E-state index in [0.29, 0.717) is 0 Å². The maximum absolute atomic E-state index is 10.2. The minimum atomic E-state index is 0.116. The molecule has 0 bridgehead atoms. The van der Waals surface area contributed by atoms with Crippen molar-refractivity contribution in [3.05, 3.63) is 22.4 Å². The van der Waals surface area contributed by atoms with Gasteiger partial charge < -0.3 is 10.6 Å². The predicted molar refractivity (Wildman–Crippen MR) is 46.5 cm³/mol. The summed E-state index contributed by atoms with van der Waals surface area (Å²) in [5.74, 6) is 0. The van der Waals surface area contributed by atoms with Gasteiger partial charge in [-0.3, -0.25) is 4.79 Å². The number of amides is 1. The van der Waals surface area contributed by atoms with E-state index in [2.05, 4.69) is 10.6 Å². The number of rotatable bonds is 2. The monoisotopic (exact) mass is 184 g/mol. The Morgan fingerprint density at radius 2 is 2.50 bits per heavy atom. The Morgan fingerprint density at radius 3 is 3.17 bits per heavy atom. The van der Waals surface area contributed by atoms with Crippen LogP contribution in [-0.2, 0) is 4.79 Å². The van der Waals surface area contributed by atoms with Crippen LogP contribution in [0, 0.1) is 0 Å². The van der Waals surface area contributed by atoms with Gasteiger partial charge in [-0.05, 0) is 18.1 Å². The number of carbonyl (C=O) groups excluding carboxylic acids is 1. The first-order valence-corrected chi connectivity index (χ1v) is 4.16. The summed E-state index contributed by atoms with van der Waals surface area (Å²) >= 11 is 5.89. The molecule has 0 radical (unpaired) electrons. The van der Waals surface area contributed by atoms with E-state index < -0.39 is 0 Å². The van der Waals surface area contributed by atoms with E-state index in [-0.39, 0.29) is 12.1 Å². The van der Waals surface area contributed by atoms with Gasteiger partial charge in [0.2, 0.25) is 6.41 Å². The van der Waals surface area contributed by atoms with E-state index in [1.165, 1.54) is 0 Å². The molecule has 1 unspecified atom stereocenters. The number of hydrogen-bond donors (Lipinski definition) is 2. The quantitative estimate of drug-likeness (QED) is 0.614. The van der Waals surface area contributed by atoms with Crippen LogP contribution in [0.15, 0.2) is 22.4 Å². The number of hydrogen-bond acceptors (Lipinski definition) is 2. The zero-order valence-electron chi connectivity index (χ0n) is 6.60. The number of halogens is 1. The Hall–Kier alpha value is -0.960. The molecule has 1 heterocycles. The Bertz CT molecular complexity index is 295. The second-order valence-electron chi connectivity index (χ2n) is 3.00. The molecule has 0 aromatic rings. The van der Waals surface area contributed by atoms with Gasteiger partial charge in [0.1, 0.15) is 0 Å². The Labute approximate surface area is 75.5 Å². The zero-order valence-corrected chi connectivity index (χ0v) is 7.35. The summed E-state index contributed by atoms with van der Waals surface area (Å²) in [5.41, 5.74) is 2.29. The minimum absolute atomic E-state index is 0.116. The van der Waals surface area contributed by atoms with Crippen LogP contribution in [0.4, 0.5) is 0 Å². The molecule has 0 fully saturated rings. The van der Waals surface area contributed by atoms with Gasteiger partial charge in [-0.2, -0.15) is 0 Å². The summed E-state index contributed by atoms with van der Waals surface area (Å²) < 4.78 is 0. The van der Waals surface area contributed by atoms with Crippen molar-refractivity contribution < 1.29 is 4.79 Å². The minimum Gasteiger partial charge on any atom is -0.380 e. The Balaban J connectivity index is 2.21. The van der Waals surface area contributed by atoms with Gasteiger partial charge in [-0.1, -0.05) is 11.6 Å². The van der Waals surface area contributed by atoms with Gasteiger partial charge >= 0.3 is 0 Å². The average molecular weight is 185 g/mol. The van der Waals surface area contributed by atoms with Crippen LogP contribution in [0.25, 0.3) is 0 Å². The molecular weight excluding hydrogens is 176 g/mol. The Kier molecular flexibility index (Phi) is 1.61. The fourth-order valence-electron chi connectivity index (χ4n) is 1.78. The van der Waals surface area contributed by atoms with Crippen molar-refractivity contribution in [1.82, 2.24) is 10.6 Å². The van der Waals surface area contributed by atoms with Crippen molar-refractivity contribution in [3.63, 3.8) is 0 Å². The van der Waals surface area contributed by atoms with Gasteiger partial charge in [0.05, 0.1) is 17.1 Å². The van der Waals surface area contributed by atoms with Crippen molar-refractivity contribution in [2.75, 3.05) is 0 Å². The lowest BCUT2D eigenvalue weighted by Gasteiger charge is -2.36. The second-order valence-corrected chi connectivity index (χ2v) is 3.40. The SMILES string of the molecule is CC1=C2C(Cl)=CNC2[C@H]1NC=O. The predicted octanol–water partition coefficient (Wildman–Crippen LogP) is 0.483. The van der Waals surface area contributed by atoms with Crippen molar-refractivity contribution in [2.24, 2.45) is 0 Å². The smallest absolute Gasteiger partial charge is 0.207 e. The van der Waals surface area contributed by atoms with Crippen LogP contribution in [-0.4, -0.2) is 18.5 Å². The van der Waals surface area contributed by atoms with Gasteiger partial charge in [-0.15, -0.1) is 0 Å². The van der Waals surface area contributed by atoms with Crippen LogP contribution in [0.1, 0.15) is 6.92 Å². The highest BCUT2D eigenvalue weighted by atomic mass is 35.5. The molecule has 0 aromatic heterocycles. The molecule has 2 aliphatic rings. The molecule has 2 N–H and O–H groups in total. The third kappa shape index (κ3) is 0.799. The highest BCUT2D eigenvalue weighted by molar-refractivity contribution is 6.32. The normalized spacial score (nSPS) is 31.7. The third-order valence-electron chi connectivity index (χ3n) is 2.43. The van der Waals surface area contributed by atoms with E-state index in [4.69, 9.17) is 11.6 Å². The summed E-state index contributed by atoms with van der Waals surface area (Å²) in [7, 11) is 0. The second kappa shape index (κ2) is 2.52. The van der Waals surface area contributed by atoms with E-state index in [1.54, 1.807) is 6.20 Å². The standard InChI is InChI=1S/C8H9ClN2O/c1-4-6-5(9)2-10-8(6)7(4)11-3-12/h2-3,7-8,10H,1H3,(H,11,12)/t7-,8?/m0/s1. The highest BCUT2D eigenvalue weighted by Gasteiger charge is 2.41.